The molecule has 1 unspecified atom stereocenters. The number of fused-ring (bicyclic) bond motifs is 2. The number of para-hydroxylation sites is 2. The second kappa shape index (κ2) is 10.6. The Balaban J connectivity index is 1.28. The summed E-state index contributed by atoms with van der Waals surface area (Å²) in [4.78, 5) is 14.2. The lowest BCUT2D eigenvalue weighted by Crippen LogP contribution is -2.33. The Morgan fingerprint density at radius 1 is 0.842 bits per heavy atom. The van der Waals surface area contributed by atoms with E-state index in [0.29, 0.717) is 11.8 Å². The number of anilines is 1. The molecular formula is C34H32N2O2. The van der Waals surface area contributed by atoms with Crippen LogP contribution in [0.4, 0.5) is 5.69 Å². The van der Waals surface area contributed by atoms with Crippen LogP contribution < -0.4 is 10.1 Å². The van der Waals surface area contributed by atoms with Gasteiger partial charge in [0.05, 0.1) is 0 Å². The van der Waals surface area contributed by atoms with Gasteiger partial charge in [-0.25, -0.2) is 0 Å². The monoisotopic (exact) mass is 500 g/mol. The van der Waals surface area contributed by atoms with E-state index in [0.717, 1.165) is 54.2 Å². The molecule has 4 aromatic carbocycles. The maximum absolute atomic E-state index is 11.8. The van der Waals surface area contributed by atoms with Gasteiger partial charge in [0.25, 0.3) is 0 Å². The third kappa shape index (κ3) is 4.95. The normalized spacial score (nSPS) is 17.0. The molecule has 2 aliphatic heterocycles. The summed E-state index contributed by atoms with van der Waals surface area (Å²) in [6.45, 7) is 3.63. The summed E-state index contributed by atoms with van der Waals surface area (Å²) in [7, 11) is 0. The molecule has 6 rings (SSSR count). The van der Waals surface area contributed by atoms with Crippen LogP contribution in [0.2, 0.25) is 0 Å². The molecule has 1 amide bonds. The highest BCUT2D eigenvalue weighted by molar-refractivity contribution is 5.94. The topological polar surface area (TPSA) is 41.6 Å². The molecule has 38 heavy (non-hydrogen) atoms. The predicted molar refractivity (Wildman–Crippen MR) is 154 cm³/mol. The largest absolute Gasteiger partial charge is 0.457 e. The fraction of sp³-hybridized carbons (Fsp3) is 0.206. The fourth-order valence-corrected chi connectivity index (χ4v) is 5.86. The molecule has 4 nitrogen and oxygen atoms in total. The second-order valence-electron chi connectivity index (χ2n) is 10.2. The number of benzene rings is 4. The number of likely N-dealkylation sites (tertiary alicyclic amines) is 1. The average Bonchev–Trinajstić information content (AvgIpc) is 2.95. The van der Waals surface area contributed by atoms with Gasteiger partial charge in [0.1, 0.15) is 11.5 Å². The van der Waals surface area contributed by atoms with E-state index in [4.69, 9.17) is 4.74 Å². The number of nitrogens with zero attached hydrogens (tertiary/aromatic N) is 1. The van der Waals surface area contributed by atoms with E-state index in [1.54, 1.807) is 0 Å². The van der Waals surface area contributed by atoms with Crippen LogP contribution in [-0.4, -0.2) is 23.9 Å². The maximum atomic E-state index is 11.8. The second-order valence-corrected chi connectivity index (χ2v) is 10.2. The van der Waals surface area contributed by atoms with Gasteiger partial charge in [-0.15, -0.1) is 0 Å². The van der Waals surface area contributed by atoms with Gasteiger partial charge in [0, 0.05) is 48.3 Å². The number of rotatable bonds is 5. The molecule has 2 heterocycles. The summed E-state index contributed by atoms with van der Waals surface area (Å²) >= 11 is 0. The summed E-state index contributed by atoms with van der Waals surface area (Å²) in [6.07, 6.45) is 6.71. The van der Waals surface area contributed by atoms with Crippen LogP contribution in [-0.2, 0) is 4.79 Å². The van der Waals surface area contributed by atoms with E-state index in [1.807, 2.05) is 30.3 Å². The standard InChI is InChI=1S/C34H32N2O2/c1-24(37)35-31-13-7-5-11-28(31)27-15-16-30-33(23-27)38-32-14-8-6-12-29(32)34(30)26-18-21-36(22-19-26)20-17-25-9-3-2-4-10-25/h2-17,20,23,26,34H,18-19,21-22H2,1H3,(H,35,37). The number of hydrogen-bond acceptors (Lipinski definition) is 3. The third-order valence-electron chi connectivity index (χ3n) is 7.69. The molecule has 1 N–H and O–H groups in total. The van der Waals surface area contributed by atoms with E-state index in [9.17, 15) is 4.79 Å². The molecule has 2 aliphatic rings. The van der Waals surface area contributed by atoms with E-state index in [-0.39, 0.29) is 5.91 Å². The summed E-state index contributed by atoms with van der Waals surface area (Å²) in [5.74, 6) is 2.62. The third-order valence-corrected chi connectivity index (χ3v) is 7.69. The number of ether oxygens (including phenoxy) is 1. The minimum atomic E-state index is -0.0781. The zero-order valence-corrected chi connectivity index (χ0v) is 21.6. The molecule has 0 saturated carbocycles. The van der Waals surface area contributed by atoms with Crippen LogP contribution in [0, 0.1) is 5.92 Å². The van der Waals surface area contributed by atoms with E-state index < -0.39 is 0 Å². The molecule has 1 saturated heterocycles. The first kappa shape index (κ1) is 24.1. The van der Waals surface area contributed by atoms with Gasteiger partial charge >= 0.3 is 0 Å². The zero-order chi connectivity index (χ0) is 25.9. The Kier molecular flexibility index (Phi) is 6.70. The summed E-state index contributed by atoms with van der Waals surface area (Å²) in [5.41, 5.74) is 6.60. The highest BCUT2D eigenvalue weighted by atomic mass is 16.5. The number of nitrogens with one attached hydrogen (secondary N) is 1. The van der Waals surface area contributed by atoms with Crippen LogP contribution in [0.25, 0.3) is 17.2 Å². The number of amides is 1. The van der Waals surface area contributed by atoms with Gasteiger partial charge < -0.3 is 15.0 Å². The first-order chi connectivity index (χ1) is 18.7. The minimum absolute atomic E-state index is 0.0781. The number of piperidine rings is 1. The van der Waals surface area contributed by atoms with Crippen molar-refractivity contribution in [2.75, 3.05) is 18.4 Å². The Morgan fingerprint density at radius 2 is 1.55 bits per heavy atom. The number of hydrogen-bond donors (Lipinski definition) is 1. The van der Waals surface area contributed by atoms with Gasteiger partial charge in [-0.1, -0.05) is 78.9 Å². The van der Waals surface area contributed by atoms with Crippen molar-refractivity contribution in [3.8, 4) is 22.6 Å². The molecule has 1 fully saturated rings. The highest BCUT2D eigenvalue weighted by Crippen LogP contribution is 2.50. The van der Waals surface area contributed by atoms with Gasteiger partial charge in [-0.05, 0) is 60.4 Å². The van der Waals surface area contributed by atoms with Crippen LogP contribution in [0.5, 0.6) is 11.5 Å². The Hall–Kier alpha value is -4.31. The first-order valence-corrected chi connectivity index (χ1v) is 13.4. The van der Waals surface area contributed by atoms with Crippen molar-refractivity contribution in [1.29, 1.82) is 0 Å². The molecule has 4 heteroatoms. The summed E-state index contributed by atoms with van der Waals surface area (Å²) in [6, 6.07) is 33.4. The molecule has 0 spiro atoms. The first-order valence-electron chi connectivity index (χ1n) is 13.4. The summed E-state index contributed by atoms with van der Waals surface area (Å²) in [5, 5.41) is 2.96. The van der Waals surface area contributed by atoms with Crippen LogP contribution in [0.1, 0.15) is 42.4 Å². The highest BCUT2D eigenvalue weighted by Gasteiger charge is 2.35. The van der Waals surface area contributed by atoms with Gasteiger partial charge in [-0.2, -0.15) is 0 Å². The smallest absolute Gasteiger partial charge is 0.221 e. The molecule has 4 aromatic rings. The van der Waals surface area contributed by atoms with Crippen LogP contribution in [0.15, 0.2) is 103 Å². The van der Waals surface area contributed by atoms with Gasteiger partial charge in [0.15, 0.2) is 0 Å². The predicted octanol–water partition coefficient (Wildman–Crippen LogP) is 7.93. The van der Waals surface area contributed by atoms with Crippen LogP contribution >= 0.6 is 0 Å². The fourth-order valence-electron chi connectivity index (χ4n) is 5.86. The Bertz CT molecular complexity index is 1470. The van der Waals surface area contributed by atoms with E-state index >= 15 is 0 Å². The lowest BCUT2D eigenvalue weighted by atomic mass is 9.74. The number of carbonyl (C=O) groups excluding carboxylic acids is 1. The van der Waals surface area contributed by atoms with E-state index in [1.165, 1.54) is 23.6 Å². The lowest BCUT2D eigenvalue weighted by Gasteiger charge is -2.39. The van der Waals surface area contributed by atoms with Gasteiger partial charge in [0.2, 0.25) is 5.91 Å². The molecule has 0 radical (unpaired) electrons. The molecule has 190 valence electrons. The lowest BCUT2D eigenvalue weighted by molar-refractivity contribution is -0.114. The molecule has 1 atom stereocenters. The quantitative estimate of drug-likeness (QED) is 0.302. The van der Waals surface area contributed by atoms with Crippen molar-refractivity contribution >= 4 is 17.7 Å². The van der Waals surface area contributed by atoms with Crippen molar-refractivity contribution in [3.05, 3.63) is 120 Å². The van der Waals surface area contributed by atoms with Crippen molar-refractivity contribution in [1.82, 2.24) is 4.90 Å². The van der Waals surface area contributed by atoms with Crippen LogP contribution in [0.3, 0.4) is 0 Å². The maximum Gasteiger partial charge on any atom is 0.221 e. The van der Waals surface area contributed by atoms with Crippen molar-refractivity contribution in [2.45, 2.75) is 25.7 Å². The SMILES string of the molecule is CC(=O)Nc1ccccc1-c1ccc2c(c1)Oc1ccccc1C2C1CCN(C=Cc2ccccc2)CC1. The zero-order valence-electron chi connectivity index (χ0n) is 21.6. The van der Waals surface area contributed by atoms with Crippen molar-refractivity contribution in [2.24, 2.45) is 5.92 Å². The number of carbonyl (C=O) groups is 1. The molecule has 0 aromatic heterocycles. The van der Waals surface area contributed by atoms with Crippen molar-refractivity contribution in [3.63, 3.8) is 0 Å². The molecule has 0 bridgehead atoms. The molecular weight excluding hydrogens is 468 g/mol. The Morgan fingerprint density at radius 3 is 2.37 bits per heavy atom. The molecule has 0 aliphatic carbocycles. The summed E-state index contributed by atoms with van der Waals surface area (Å²) < 4.78 is 6.48. The van der Waals surface area contributed by atoms with Gasteiger partial charge in [-0.3, -0.25) is 4.79 Å². The van der Waals surface area contributed by atoms with Crippen molar-refractivity contribution < 1.29 is 9.53 Å². The Labute approximate surface area is 224 Å². The average molecular weight is 501 g/mol. The van der Waals surface area contributed by atoms with E-state index in [2.05, 4.69) is 89.2 Å². The minimum Gasteiger partial charge on any atom is -0.457 e.